The van der Waals surface area contributed by atoms with E-state index in [1.165, 1.54) is 11.3 Å². The fourth-order valence-electron chi connectivity index (χ4n) is 3.34. The molecule has 0 aliphatic carbocycles. The number of rotatable bonds is 1. The summed E-state index contributed by atoms with van der Waals surface area (Å²) < 4.78 is 38.1. The maximum Gasteiger partial charge on any atom is 0.365 e. The van der Waals surface area contributed by atoms with E-state index in [-0.39, 0.29) is 0 Å². The highest BCUT2D eigenvalue weighted by Gasteiger charge is 2.24. The van der Waals surface area contributed by atoms with Crippen molar-refractivity contribution in [1.29, 1.82) is 0 Å². The molecule has 4 aromatic rings. The number of benzene rings is 1. The first-order valence-corrected chi connectivity index (χ1v) is 9.66. The van der Waals surface area contributed by atoms with Crippen LogP contribution in [0.2, 0.25) is 0 Å². The molecule has 0 bridgehead atoms. The molecule has 0 saturated carbocycles. The second-order valence-corrected chi connectivity index (χ2v) is 7.25. The van der Waals surface area contributed by atoms with Crippen molar-refractivity contribution >= 4 is 16.7 Å². The molecular weight excluding hydrogens is 384 g/mol. The Hall–Kier alpha value is -2.62. The standard InChI is InChI=1S/C19H19N4.ClHO4/c1-12-10-14(3)22(16-8-6-5-7-9-16)19-17(12)18-20-13(2)11-15(4)23(18)21-19;2-1(3,4)5/h5-11H,1-4H3;(H,2,3,4,5)/q+1;/p-1. The number of aryl methyl sites for hydroxylation is 4. The second-order valence-electron chi connectivity index (χ2n) is 6.49. The molecule has 1 aromatic carbocycles. The normalized spacial score (nSPS) is 11.6. The third-order valence-electron chi connectivity index (χ3n) is 4.28. The molecule has 3 aromatic heterocycles. The molecule has 0 radical (unpaired) electrons. The van der Waals surface area contributed by atoms with Crippen LogP contribution in [-0.4, -0.2) is 14.6 Å². The monoisotopic (exact) mass is 402 g/mol. The quantitative estimate of drug-likeness (QED) is 0.362. The minimum Gasteiger partial charge on any atom is -0.231 e. The molecule has 0 atom stereocenters. The first-order valence-electron chi connectivity index (χ1n) is 8.42. The Morgan fingerprint density at radius 1 is 0.929 bits per heavy atom. The van der Waals surface area contributed by atoms with Crippen LogP contribution in [0.25, 0.3) is 22.4 Å². The van der Waals surface area contributed by atoms with E-state index < -0.39 is 10.2 Å². The molecule has 0 unspecified atom stereocenters. The van der Waals surface area contributed by atoms with E-state index in [0.29, 0.717) is 0 Å². The van der Waals surface area contributed by atoms with E-state index in [1.807, 2.05) is 17.5 Å². The Labute approximate surface area is 163 Å². The molecule has 0 fully saturated rings. The maximum absolute atomic E-state index is 8.49. The van der Waals surface area contributed by atoms with Gasteiger partial charge in [-0.25, -0.2) is 23.6 Å². The first kappa shape index (κ1) is 20.1. The largest absolute Gasteiger partial charge is 0.365 e. The van der Waals surface area contributed by atoms with Crippen molar-refractivity contribution < 1.29 is 33.4 Å². The molecule has 0 aliphatic rings. The molecule has 0 N–H and O–H groups in total. The van der Waals surface area contributed by atoms with E-state index >= 15 is 0 Å². The predicted octanol–water partition coefficient (Wildman–Crippen LogP) is -1.36. The van der Waals surface area contributed by atoms with Crippen molar-refractivity contribution in [3.63, 3.8) is 0 Å². The summed E-state index contributed by atoms with van der Waals surface area (Å²) in [6, 6.07) is 14.6. The number of fused-ring (bicyclic) bond motifs is 3. The lowest BCUT2D eigenvalue weighted by Gasteiger charge is -2.17. The van der Waals surface area contributed by atoms with Gasteiger partial charge in [0.25, 0.3) is 0 Å². The third kappa shape index (κ3) is 4.11. The summed E-state index contributed by atoms with van der Waals surface area (Å²) in [6.45, 7) is 8.35. The van der Waals surface area contributed by atoms with Crippen LogP contribution in [0.4, 0.5) is 0 Å². The topological polar surface area (TPSA) is 126 Å². The zero-order valence-electron chi connectivity index (χ0n) is 15.8. The molecular formula is C19H19ClN4O4. The van der Waals surface area contributed by atoms with E-state index in [1.54, 1.807) is 0 Å². The summed E-state index contributed by atoms with van der Waals surface area (Å²) in [5.74, 6) is 0. The van der Waals surface area contributed by atoms with E-state index in [2.05, 4.69) is 61.7 Å². The van der Waals surface area contributed by atoms with Gasteiger partial charge in [-0.3, -0.25) is 0 Å². The molecule has 9 heteroatoms. The lowest BCUT2D eigenvalue weighted by molar-refractivity contribution is -2.00. The van der Waals surface area contributed by atoms with Gasteiger partial charge < -0.3 is 0 Å². The van der Waals surface area contributed by atoms with Gasteiger partial charge >= 0.3 is 5.65 Å². The zero-order valence-corrected chi connectivity index (χ0v) is 16.6. The average molecular weight is 403 g/mol. The van der Waals surface area contributed by atoms with Crippen LogP contribution in [0.3, 0.4) is 0 Å². The fraction of sp³-hybridized carbons (Fsp3) is 0.211. The molecule has 28 heavy (non-hydrogen) atoms. The van der Waals surface area contributed by atoms with Crippen LogP contribution in [0.5, 0.6) is 0 Å². The number of hydrogen-bond donors (Lipinski definition) is 0. The number of aromatic nitrogens is 4. The molecule has 0 amide bonds. The Balaban J connectivity index is 0.000000403. The average Bonchev–Trinajstić information content (AvgIpc) is 2.94. The summed E-state index contributed by atoms with van der Waals surface area (Å²) in [5.41, 5.74) is 7.49. The minimum absolute atomic E-state index is 0.930. The fourth-order valence-corrected chi connectivity index (χ4v) is 3.34. The highest BCUT2D eigenvalue weighted by Crippen LogP contribution is 2.23. The van der Waals surface area contributed by atoms with E-state index in [9.17, 15) is 0 Å². The highest BCUT2D eigenvalue weighted by atomic mass is 35.7. The van der Waals surface area contributed by atoms with Gasteiger partial charge in [0.2, 0.25) is 0 Å². The first-order chi connectivity index (χ1) is 13.1. The Bertz CT molecular complexity index is 1150. The van der Waals surface area contributed by atoms with Crippen LogP contribution in [-0.2, 0) is 0 Å². The van der Waals surface area contributed by atoms with E-state index in [4.69, 9.17) is 28.7 Å². The molecule has 3 heterocycles. The van der Waals surface area contributed by atoms with Crippen LogP contribution in [0, 0.1) is 37.9 Å². The number of pyridine rings is 1. The lowest BCUT2D eigenvalue weighted by atomic mass is 10.1. The summed E-state index contributed by atoms with van der Waals surface area (Å²) >= 11 is 0. The smallest absolute Gasteiger partial charge is 0.231 e. The number of halogens is 1. The van der Waals surface area contributed by atoms with Gasteiger partial charge in [0, 0.05) is 5.69 Å². The number of para-hydroxylation sites is 1. The third-order valence-corrected chi connectivity index (χ3v) is 4.28. The van der Waals surface area contributed by atoms with Gasteiger partial charge in [-0.2, -0.15) is 4.57 Å². The van der Waals surface area contributed by atoms with Gasteiger partial charge in [-0.1, -0.05) is 18.2 Å². The molecule has 0 aliphatic heterocycles. The van der Waals surface area contributed by atoms with Gasteiger partial charge in [0.05, 0.1) is 10.8 Å². The Kier molecular flexibility index (Phi) is 5.33. The predicted molar refractivity (Wildman–Crippen MR) is 91.0 cm³/mol. The van der Waals surface area contributed by atoms with Crippen LogP contribution in [0.1, 0.15) is 22.6 Å². The number of hydrogen-bond acceptors (Lipinski definition) is 6. The van der Waals surface area contributed by atoms with Crippen LogP contribution >= 0.6 is 0 Å². The number of nitrogens with zero attached hydrogens (tertiary/aromatic N) is 4. The van der Waals surface area contributed by atoms with Crippen molar-refractivity contribution in [2.75, 3.05) is 0 Å². The van der Waals surface area contributed by atoms with Crippen molar-refractivity contribution in [2.45, 2.75) is 27.7 Å². The van der Waals surface area contributed by atoms with Crippen molar-refractivity contribution in [2.24, 2.45) is 0 Å². The lowest BCUT2D eigenvalue weighted by Crippen LogP contribution is -2.68. The van der Waals surface area contributed by atoms with Crippen LogP contribution in [0.15, 0.2) is 42.5 Å². The Morgan fingerprint density at radius 3 is 2.14 bits per heavy atom. The van der Waals surface area contributed by atoms with Gasteiger partial charge in [0.15, 0.2) is 5.65 Å². The Morgan fingerprint density at radius 2 is 1.54 bits per heavy atom. The van der Waals surface area contributed by atoms with Gasteiger partial charge in [-0.05, 0) is 57.5 Å². The highest BCUT2D eigenvalue weighted by molar-refractivity contribution is 5.91. The minimum atomic E-state index is -4.94. The van der Waals surface area contributed by atoms with Crippen molar-refractivity contribution in [3.8, 4) is 5.69 Å². The summed E-state index contributed by atoms with van der Waals surface area (Å²) in [6.07, 6.45) is 0. The van der Waals surface area contributed by atoms with Crippen molar-refractivity contribution in [1.82, 2.24) is 14.6 Å². The zero-order chi connectivity index (χ0) is 20.6. The van der Waals surface area contributed by atoms with E-state index in [0.717, 1.165) is 33.8 Å². The summed E-state index contributed by atoms with van der Waals surface area (Å²) in [7, 11) is -4.94. The van der Waals surface area contributed by atoms with Crippen LogP contribution < -0.4 is 23.2 Å². The maximum atomic E-state index is 8.49. The summed E-state index contributed by atoms with van der Waals surface area (Å²) in [4.78, 5) is 4.74. The molecule has 4 rings (SSSR count). The molecule has 0 spiro atoms. The summed E-state index contributed by atoms with van der Waals surface area (Å²) in [5, 5.41) is 5.99. The van der Waals surface area contributed by atoms with Gasteiger partial charge in [-0.15, -0.1) is 14.8 Å². The SMILES string of the molecule is Cc1cc(C)n2nc3c(c(C)cc(C)[n+]3-c3ccccc3)c2n1.[O-][Cl+3]([O-])([O-])[O-]. The second kappa shape index (κ2) is 7.42. The molecule has 0 saturated heterocycles. The van der Waals surface area contributed by atoms with Gasteiger partial charge in [0.1, 0.15) is 16.8 Å². The molecule has 146 valence electrons. The van der Waals surface area contributed by atoms with Crippen molar-refractivity contribution in [3.05, 3.63) is 65.1 Å². The molecule has 8 nitrogen and oxygen atoms in total.